The Labute approximate surface area is 223 Å². The summed E-state index contributed by atoms with van der Waals surface area (Å²) in [6, 6.07) is 12.1. The molecule has 0 N–H and O–H groups in total. The van der Waals surface area contributed by atoms with E-state index in [1.165, 1.54) is 37.6 Å². The van der Waals surface area contributed by atoms with Gasteiger partial charge in [0.1, 0.15) is 5.82 Å². The summed E-state index contributed by atoms with van der Waals surface area (Å²) in [6.45, 7) is 10.3. The van der Waals surface area contributed by atoms with Gasteiger partial charge >= 0.3 is 0 Å². The highest BCUT2D eigenvalue weighted by molar-refractivity contribution is 5.97. The molecule has 0 aromatic heterocycles. The molecule has 0 radical (unpaired) electrons. The number of rotatable bonds is 8. The average molecular weight is 506 g/mol. The molecule has 37 heavy (non-hydrogen) atoms. The predicted molar refractivity (Wildman–Crippen MR) is 152 cm³/mol. The fourth-order valence-electron chi connectivity index (χ4n) is 6.26. The van der Waals surface area contributed by atoms with Crippen LogP contribution in [0.1, 0.15) is 54.9 Å². The fraction of sp³-hybridized carbons (Fsp3) is 0.531. The van der Waals surface area contributed by atoms with Crippen LogP contribution in [0, 0.1) is 31.5 Å². The number of carbonyl (C=O) groups is 1. The van der Waals surface area contributed by atoms with Crippen molar-refractivity contribution in [1.29, 1.82) is 0 Å². The lowest BCUT2D eigenvalue weighted by Gasteiger charge is -2.38. The molecule has 0 saturated carbocycles. The van der Waals surface area contributed by atoms with Gasteiger partial charge in [-0.2, -0.15) is 0 Å². The molecule has 0 spiro atoms. The summed E-state index contributed by atoms with van der Waals surface area (Å²) in [6.07, 6.45) is 9.52. The first kappa shape index (κ1) is 27.5. The number of halogens is 1. The standard InChI is InChI=1S/C32H44FN3O/c1-23-18-26(10-8-9-15-35-16-13-29(14-17-35)34(4)5)19-24(2)31(23)36-22-27(20-25(3)32(36)37)21-28-11-6-7-12-30(28)33/h6-8,10-12,18-19,25,27,29H,9,13-17,20-22H2,1-5H3/b10-8+/t25-,27-/m1/s1. The van der Waals surface area contributed by atoms with Gasteiger partial charge in [0, 0.05) is 30.7 Å². The SMILES string of the molecule is Cc1cc(/C=C/CCN2CCC(N(C)C)CC2)cc(C)c1N1C[C@@H](Cc2ccccc2F)C[C@@H](C)C1=O. The highest BCUT2D eigenvalue weighted by atomic mass is 19.1. The molecule has 2 aliphatic heterocycles. The minimum absolute atomic E-state index is 0.0633. The van der Waals surface area contributed by atoms with Crippen LogP contribution in [0.3, 0.4) is 0 Å². The van der Waals surface area contributed by atoms with E-state index in [0.717, 1.165) is 47.8 Å². The number of aryl methyl sites for hydroxylation is 2. The van der Waals surface area contributed by atoms with E-state index in [1.54, 1.807) is 6.07 Å². The van der Waals surface area contributed by atoms with Gasteiger partial charge in [-0.3, -0.25) is 4.79 Å². The van der Waals surface area contributed by atoms with Crippen molar-refractivity contribution in [2.24, 2.45) is 11.8 Å². The molecule has 1 amide bonds. The smallest absolute Gasteiger partial charge is 0.229 e. The van der Waals surface area contributed by atoms with Gasteiger partial charge in [0.15, 0.2) is 0 Å². The number of carbonyl (C=O) groups excluding carboxylic acids is 1. The lowest BCUT2D eigenvalue weighted by molar-refractivity contribution is -0.124. The highest BCUT2D eigenvalue weighted by Gasteiger charge is 2.34. The van der Waals surface area contributed by atoms with E-state index in [2.05, 4.69) is 62.0 Å². The molecule has 2 aromatic carbocycles. The number of nitrogens with zero attached hydrogens (tertiary/aromatic N) is 3. The topological polar surface area (TPSA) is 26.8 Å². The lowest BCUT2D eigenvalue weighted by atomic mass is 9.84. The van der Waals surface area contributed by atoms with E-state index in [-0.39, 0.29) is 23.6 Å². The summed E-state index contributed by atoms with van der Waals surface area (Å²) in [5, 5.41) is 0. The molecular weight excluding hydrogens is 461 g/mol. The van der Waals surface area contributed by atoms with Crippen LogP contribution >= 0.6 is 0 Å². The van der Waals surface area contributed by atoms with Crippen molar-refractivity contribution in [2.75, 3.05) is 45.2 Å². The van der Waals surface area contributed by atoms with Crippen molar-refractivity contribution >= 4 is 17.7 Å². The van der Waals surface area contributed by atoms with E-state index in [4.69, 9.17) is 0 Å². The molecule has 4 nitrogen and oxygen atoms in total. The molecule has 5 heteroatoms. The lowest BCUT2D eigenvalue weighted by Crippen LogP contribution is -2.46. The van der Waals surface area contributed by atoms with Gasteiger partial charge in [-0.15, -0.1) is 0 Å². The third kappa shape index (κ3) is 6.88. The number of amides is 1. The first-order valence-corrected chi connectivity index (χ1v) is 13.9. The summed E-state index contributed by atoms with van der Waals surface area (Å²) in [7, 11) is 4.37. The summed E-state index contributed by atoms with van der Waals surface area (Å²) in [5.41, 5.74) is 5.20. The molecular formula is C32H44FN3O. The molecule has 2 heterocycles. The van der Waals surface area contributed by atoms with Crippen molar-refractivity contribution in [3.05, 3.63) is 70.5 Å². The van der Waals surface area contributed by atoms with E-state index in [9.17, 15) is 9.18 Å². The third-order valence-electron chi connectivity index (χ3n) is 8.27. The minimum atomic E-state index is -0.153. The number of hydrogen-bond acceptors (Lipinski definition) is 3. The third-order valence-corrected chi connectivity index (χ3v) is 8.27. The number of benzene rings is 2. The molecule has 0 aliphatic carbocycles. The van der Waals surface area contributed by atoms with E-state index in [0.29, 0.717) is 13.0 Å². The Balaban J connectivity index is 1.39. The molecule has 0 unspecified atom stereocenters. The van der Waals surface area contributed by atoms with Gasteiger partial charge in [0.05, 0.1) is 0 Å². The van der Waals surface area contributed by atoms with Crippen LogP contribution in [0.5, 0.6) is 0 Å². The Bertz CT molecular complexity index is 1080. The van der Waals surface area contributed by atoms with Crippen molar-refractivity contribution in [1.82, 2.24) is 9.80 Å². The van der Waals surface area contributed by atoms with Crippen LogP contribution in [0.4, 0.5) is 10.1 Å². The largest absolute Gasteiger partial charge is 0.311 e. The quantitative estimate of drug-likeness (QED) is 0.434. The second kappa shape index (κ2) is 12.4. The van der Waals surface area contributed by atoms with Crippen LogP contribution in [-0.2, 0) is 11.2 Å². The Morgan fingerprint density at radius 3 is 2.41 bits per heavy atom. The normalized spacial score (nSPS) is 21.9. The highest BCUT2D eigenvalue weighted by Crippen LogP contribution is 2.34. The Kier molecular flexibility index (Phi) is 9.20. The Hall–Kier alpha value is -2.50. The number of piperidine rings is 2. The van der Waals surface area contributed by atoms with Gasteiger partial charge < -0.3 is 14.7 Å². The molecule has 2 atom stereocenters. The fourth-order valence-corrected chi connectivity index (χ4v) is 6.26. The second-order valence-electron chi connectivity index (χ2n) is 11.5. The molecule has 2 aliphatic rings. The molecule has 0 bridgehead atoms. The number of anilines is 1. The Morgan fingerprint density at radius 1 is 1.08 bits per heavy atom. The maximum Gasteiger partial charge on any atom is 0.229 e. The van der Waals surface area contributed by atoms with Crippen molar-refractivity contribution < 1.29 is 9.18 Å². The van der Waals surface area contributed by atoms with Gasteiger partial charge in [-0.25, -0.2) is 4.39 Å². The predicted octanol–water partition coefficient (Wildman–Crippen LogP) is 6.10. The molecule has 2 fully saturated rings. The minimum Gasteiger partial charge on any atom is -0.311 e. The summed E-state index contributed by atoms with van der Waals surface area (Å²) < 4.78 is 14.3. The monoisotopic (exact) mass is 505 g/mol. The molecule has 2 aromatic rings. The zero-order valence-corrected chi connectivity index (χ0v) is 23.3. The number of hydrogen-bond donors (Lipinski definition) is 0. The maximum atomic E-state index is 14.3. The first-order chi connectivity index (χ1) is 17.7. The Morgan fingerprint density at radius 2 is 1.76 bits per heavy atom. The molecule has 4 rings (SSSR count). The summed E-state index contributed by atoms with van der Waals surface area (Å²) in [4.78, 5) is 20.1. The van der Waals surface area contributed by atoms with Crippen LogP contribution in [0.2, 0.25) is 0 Å². The zero-order chi connectivity index (χ0) is 26.5. The van der Waals surface area contributed by atoms with Gasteiger partial charge in [0.2, 0.25) is 5.91 Å². The van der Waals surface area contributed by atoms with Crippen LogP contribution in [0.25, 0.3) is 6.08 Å². The van der Waals surface area contributed by atoms with Crippen LogP contribution in [-0.4, -0.2) is 62.0 Å². The zero-order valence-electron chi connectivity index (χ0n) is 23.3. The molecule has 200 valence electrons. The van der Waals surface area contributed by atoms with Gasteiger partial charge in [-0.05, 0) is 120 Å². The van der Waals surface area contributed by atoms with Crippen molar-refractivity contribution in [3.8, 4) is 0 Å². The maximum absolute atomic E-state index is 14.3. The summed E-state index contributed by atoms with van der Waals surface area (Å²) >= 11 is 0. The van der Waals surface area contributed by atoms with Crippen LogP contribution < -0.4 is 4.90 Å². The first-order valence-electron chi connectivity index (χ1n) is 13.9. The average Bonchev–Trinajstić information content (AvgIpc) is 2.86. The second-order valence-corrected chi connectivity index (χ2v) is 11.5. The van der Waals surface area contributed by atoms with Crippen molar-refractivity contribution in [2.45, 2.75) is 58.9 Å². The summed E-state index contributed by atoms with van der Waals surface area (Å²) in [5.74, 6) is 0.204. The van der Waals surface area contributed by atoms with E-state index < -0.39 is 0 Å². The van der Waals surface area contributed by atoms with E-state index in [1.807, 2.05) is 24.0 Å². The van der Waals surface area contributed by atoms with Crippen molar-refractivity contribution in [3.63, 3.8) is 0 Å². The van der Waals surface area contributed by atoms with Gasteiger partial charge in [-0.1, -0.05) is 37.3 Å². The van der Waals surface area contributed by atoms with Crippen LogP contribution in [0.15, 0.2) is 42.5 Å². The molecule has 2 saturated heterocycles. The van der Waals surface area contributed by atoms with E-state index >= 15 is 0 Å². The number of likely N-dealkylation sites (tertiary alicyclic amines) is 1. The van der Waals surface area contributed by atoms with Gasteiger partial charge in [0.25, 0.3) is 0 Å².